The zero-order valence-electron chi connectivity index (χ0n) is 10.3. The molecule has 1 saturated heterocycles. The Morgan fingerprint density at radius 2 is 2.39 bits per heavy atom. The van der Waals surface area contributed by atoms with Crippen molar-refractivity contribution in [2.24, 2.45) is 0 Å². The smallest absolute Gasteiger partial charge is 0.125 e. The SMILES string of the molecule is c1cncc(-c2nc(CC3CCCCN3)cs2)c1. The Hall–Kier alpha value is -1.26. The van der Waals surface area contributed by atoms with Gasteiger partial charge < -0.3 is 5.32 Å². The van der Waals surface area contributed by atoms with Crippen LogP contribution in [0.4, 0.5) is 0 Å². The van der Waals surface area contributed by atoms with Crippen molar-refractivity contribution in [3.63, 3.8) is 0 Å². The van der Waals surface area contributed by atoms with E-state index < -0.39 is 0 Å². The Kier molecular flexibility index (Phi) is 3.67. The Balaban J connectivity index is 1.69. The molecule has 2 aromatic heterocycles. The van der Waals surface area contributed by atoms with E-state index in [4.69, 9.17) is 4.98 Å². The lowest BCUT2D eigenvalue weighted by Crippen LogP contribution is -2.35. The quantitative estimate of drug-likeness (QED) is 0.921. The van der Waals surface area contributed by atoms with Crippen molar-refractivity contribution in [2.75, 3.05) is 6.54 Å². The highest BCUT2D eigenvalue weighted by Gasteiger charge is 2.14. The number of pyridine rings is 1. The van der Waals surface area contributed by atoms with Crippen LogP contribution in [0.1, 0.15) is 25.0 Å². The third kappa shape index (κ3) is 2.76. The van der Waals surface area contributed by atoms with E-state index in [9.17, 15) is 0 Å². The summed E-state index contributed by atoms with van der Waals surface area (Å²) in [4.78, 5) is 8.85. The third-order valence-corrected chi connectivity index (χ3v) is 4.27. The molecule has 1 fully saturated rings. The molecule has 1 unspecified atom stereocenters. The van der Waals surface area contributed by atoms with Gasteiger partial charge in [0, 0.05) is 35.8 Å². The van der Waals surface area contributed by atoms with Gasteiger partial charge >= 0.3 is 0 Å². The molecule has 1 atom stereocenters. The van der Waals surface area contributed by atoms with E-state index in [-0.39, 0.29) is 0 Å². The molecule has 0 saturated carbocycles. The highest BCUT2D eigenvalue weighted by Crippen LogP contribution is 2.24. The molecule has 0 spiro atoms. The number of aromatic nitrogens is 2. The largest absolute Gasteiger partial charge is 0.314 e. The number of nitrogens with one attached hydrogen (secondary N) is 1. The van der Waals surface area contributed by atoms with Gasteiger partial charge in [-0.25, -0.2) is 4.98 Å². The van der Waals surface area contributed by atoms with E-state index in [0.29, 0.717) is 6.04 Å². The first-order chi connectivity index (χ1) is 8.92. The fraction of sp³-hybridized carbons (Fsp3) is 0.429. The maximum absolute atomic E-state index is 4.71. The van der Waals surface area contributed by atoms with Gasteiger partial charge in [-0.1, -0.05) is 6.42 Å². The summed E-state index contributed by atoms with van der Waals surface area (Å²) in [6.07, 6.45) is 8.66. The fourth-order valence-electron chi connectivity index (χ4n) is 2.37. The summed E-state index contributed by atoms with van der Waals surface area (Å²) in [5.41, 5.74) is 2.32. The molecule has 0 bridgehead atoms. The highest BCUT2D eigenvalue weighted by atomic mass is 32.1. The summed E-state index contributed by atoms with van der Waals surface area (Å²) in [5, 5.41) is 6.83. The molecular formula is C14H17N3S. The van der Waals surface area contributed by atoms with Gasteiger partial charge in [0.15, 0.2) is 0 Å². The van der Waals surface area contributed by atoms with Gasteiger partial charge in [0.1, 0.15) is 5.01 Å². The highest BCUT2D eigenvalue weighted by molar-refractivity contribution is 7.13. The van der Waals surface area contributed by atoms with E-state index in [1.807, 2.05) is 12.3 Å². The van der Waals surface area contributed by atoms with Crippen molar-refractivity contribution < 1.29 is 0 Å². The molecule has 0 amide bonds. The average molecular weight is 259 g/mol. The van der Waals surface area contributed by atoms with Crippen LogP contribution in [0.5, 0.6) is 0 Å². The second kappa shape index (κ2) is 5.59. The first kappa shape index (κ1) is 11.8. The van der Waals surface area contributed by atoms with Crippen LogP contribution in [0.2, 0.25) is 0 Å². The second-order valence-corrected chi connectivity index (χ2v) is 5.59. The summed E-state index contributed by atoms with van der Waals surface area (Å²) < 4.78 is 0. The predicted octanol–water partition coefficient (Wildman–Crippen LogP) is 2.89. The number of hydrogen-bond acceptors (Lipinski definition) is 4. The zero-order valence-corrected chi connectivity index (χ0v) is 11.1. The van der Waals surface area contributed by atoms with Crippen molar-refractivity contribution in [1.29, 1.82) is 0 Å². The summed E-state index contributed by atoms with van der Waals surface area (Å²) >= 11 is 1.71. The Morgan fingerprint density at radius 3 is 3.17 bits per heavy atom. The maximum atomic E-state index is 4.71. The molecule has 18 heavy (non-hydrogen) atoms. The summed E-state index contributed by atoms with van der Waals surface area (Å²) in [5.74, 6) is 0. The van der Waals surface area contributed by atoms with E-state index in [2.05, 4.69) is 21.7 Å². The van der Waals surface area contributed by atoms with Crippen LogP contribution in [0.3, 0.4) is 0 Å². The van der Waals surface area contributed by atoms with Gasteiger partial charge in [-0.05, 0) is 31.5 Å². The zero-order chi connectivity index (χ0) is 12.2. The molecule has 0 aliphatic carbocycles. The van der Waals surface area contributed by atoms with Crippen molar-refractivity contribution in [3.05, 3.63) is 35.6 Å². The summed E-state index contributed by atoms with van der Waals surface area (Å²) in [6.45, 7) is 1.16. The third-order valence-electron chi connectivity index (χ3n) is 3.33. The number of nitrogens with zero attached hydrogens (tertiary/aromatic N) is 2. The van der Waals surface area contributed by atoms with Gasteiger partial charge in [0.2, 0.25) is 0 Å². The Labute approximate surface area is 111 Å². The van der Waals surface area contributed by atoms with Crippen LogP contribution < -0.4 is 5.32 Å². The van der Waals surface area contributed by atoms with Crippen LogP contribution in [0.25, 0.3) is 10.6 Å². The molecular weight excluding hydrogens is 242 g/mol. The van der Waals surface area contributed by atoms with E-state index >= 15 is 0 Å². The maximum Gasteiger partial charge on any atom is 0.125 e. The molecule has 1 N–H and O–H groups in total. The normalized spacial score (nSPS) is 19.9. The molecule has 0 aromatic carbocycles. The molecule has 94 valence electrons. The molecule has 0 radical (unpaired) electrons. The molecule has 3 heterocycles. The van der Waals surface area contributed by atoms with Crippen LogP contribution in [-0.2, 0) is 6.42 Å². The van der Waals surface area contributed by atoms with Gasteiger partial charge in [0.25, 0.3) is 0 Å². The molecule has 4 heteroatoms. The lowest BCUT2D eigenvalue weighted by molar-refractivity contribution is 0.397. The number of rotatable bonds is 3. The number of piperidine rings is 1. The first-order valence-corrected chi connectivity index (χ1v) is 7.38. The van der Waals surface area contributed by atoms with Crippen LogP contribution >= 0.6 is 11.3 Å². The van der Waals surface area contributed by atoms with E-state index in [1.165, 1.54) is 25.0 Å². The molecule has 3 rings (SSSR count). The van der Waals surface area contributed by atoms with Crippen LogP contribution in [-0.4, -0.2) is 22.6 Å². The van der Waals surface area contributed by atoms with Gasteiger partial charge in [-0.3, -0.25) is 4.98 Å². The summed E-state index contributed by atoms with van der Waals surface area (Å²) in [7, 11) is 0. The predicted molar refractivity (Wildman–Crippen MR) is 74.7 cm³/mol. The fourth-order valence-corrected chi connectivity index (χ4v) is 3.20. The topological polar surface area (TPSA) is 37.8 Å². The van der Waals surface area contributed by atoms with Gasteiger partial charge in [-0.15, -0.1) is 11.3 Å². The minimum Gasteiger partial charge on any atom is -0.314 e. The van der Waals surface area contributed by atoms with E-state index in [0.717, 1.165) is 23.5 Å². The van der Waals surface area contributed by atoms with Crippen LogP contribution in [0.15, 0.2) is 29.9 Å². The molecule has 1 aliphatic heterocycles. The Bertz CT molecular complexity index is 489. The van der Waals surface area contributed by atoms with Crippen molar-refractivity contribution in [3.8, 4) is 10.6 Å². The minimum atomic E-state index is 0.614. The van der Waals surface area contributed by atoms with Gasteiger partial charge in [0.05, 0.1) is 5.69 Å². The molecule has 1 aliphatic rings. The van der Waals surface area contributed by atoms with Crippen molar-refractivity contribution >= 4 is 11.3 Å². The van der Waals surface area contributed by atoms with E-state index in [1.54, 1.807) is 17.5 Å². The Morgan fingerprint density at radius 1 is 1.39 bits per heavy atom. The first-order valence-electron chi connectivity index (χ1n) is 6.50. The van der Waals surface area contributed by atoms with Crippen molar-refractivity contribution in [1.82, 2.24) is 15.3 Å². The molecule has 2 aromatic rings. The average Bonchev–Trinajstić information content (AvgIpc) is 2.89. The molecule has 3 nitrogen and oxygen atoms in total. The van der Waals surface area contributed by atoms with Gasteiger partial charge in [-0.2, -0.15) is 0 Å². The number of thiazole rings is 1. The van der Waals surface area contributed by atoms with Crippen LogP contribution in [0, 0.1) is 0 Å². The standard InChI is InChI=1S/C14H17N3S/c1-2-7-16-12(5-1)8-13-10-18-14(17-13)11-4-3-6-15-9-11/h3-4,6,9-10,12,16H,1-2,5,7-8H2. The number of hydrogen-bond donors (Lipinski definition) is 1. The lowest BCUT2D eigenvalue weighted by atomic mass is 10.0. The minimum absolute atomic E-state index is 0.614. The lowest BCUT2D eigenvalue weighted by Gasteiger charge is -2.22. The monoisotopic (exact) mass is 259 g/mol. The second-order valence-electron chi connectivity index (χ2n) is 4.74. The summed E-state index contributed by atoms with van der Waals surface area (Å²) in [6, 6.07) is 4.63. The van der Waals surface area contributed by atoms with Crippen molar-refractivity contribution in [2.45, 2.75) is 31.7 Å².